The van der Waals surface area contributed by atoms with Gasteiger partial charge in [-0.3, -0.25) is 4.79 Å². The zero-order valence-electron chi connectivity index (χ0n) is 15.4. The summed E-state index contributed by atoms with van der Waals surface area (Å²) in [6, 6.07) is 17.8. The summed E-state index contributed by atoms with van der Waals surface area (Å²) in [5.41, 5.74) is 3.16. The molecule has 0 amide bonds. The molecule has 2 heterocycles. The highest BCUT2D eigenvalue weighted by Gasteiger charge is 2.20. The first kappa shape index (κ1) is 17.2. The molecule has 28 heavy (non-hydrogen) atoms. The number of fused-ring (bicyclic) bond motifs is 3. The van der Waals surface area contributed by atoms with Crippen molar-refractivity contribution in [2.24, 2.45) is 0 Å². The third-order valence-electron chi connectivity index (χ3n) is 5.18. The third kappa shape index (κ3) is 3.22. The van der Waals surface area contributed by atoms with Crippen LogP contribution in [0.3, 0.4) is 0 Å². The average molecular weight is 388 g/mol. The lowest BCUT2D eigenvalue weighted by Crippen LogP contribution is -2.11. The van der Waals surface area contributed by atoms with E-state index in [4.69, 9.17) is 9.72 Å². The maximum atomic E-state index is 12.8. The number of ether oxygens (including phenoxy) is 1. The summed E-state index contributed by atoms with van der Waals surface area (Å²) in [6.45, 7) is 0.505. The van der Waals surface area contributed by atoms with Gasteiger partial charge < -0.3 is 9.72 Å². The molecule has 1 aliphatic rings. The smallest absolute Gasteiger partial charge is 0.260 e. The highest BCUT2D eigenvalue weighted by Crippen LogP contribution is 2.34. The van der Waals surface area contributed by atoms with Crippen LogP contribution in [0.25, 0.3) is 21.6 Å². The molecule has 0 spiro atoms. The van der Waals surface area contributed by atoms with Crippen molar-refractivity contribution in [3.8, 4) is 17.1 Å². The fourth-order valence-corrected chi connectivity index (χ4v) is 5.04. The molecule has 0 unspecified atom stereocenters. The first-order chi connectivity index (χ1) is 13.8. The first-order valence-corrected chi connectivity index (χ1v) is 10.4. The maximum Gasteiger partial charge on any atom is 0.260 e. The molecule has 5 heteroatoms. The molecule has 2 aromatic carbocycles. The van der Waals surface area contributed by atoms with Gasteiger partial charge in [-0.2, -0.15) is 0 Å². The Hall–Kier alpha value is -2.92. The minimum atomic E-state index is -0.0324. The highest BCUT2D eigenvalue weighted by atomic mass is 32.1. The number of aromatic amines is 1. The van der Waals surface area contributed by atoms with Crippen LogP contribution in [-0.2, 0) is 19.4 Å². The molecule has 0 aliphatic heterocycles. The molecule has 0 atom stereocenters. The van der Waals surface area contributed by atoms with Gasteiger partial charge in [0.1, 0.15) is 23.0 Å². The summed E-state index contributed by atoms with van der Waals surface area (Å²) >= 11 is 1.67. The van der Waals surface area contributed by atoms with Gasteiger partial charge in [-0.05, 0) is 48.9 Å². The van der Waals surface area contributed by atoms with E-state index in [-0.39, 0.29) is 5.56 Å². The molecule has 1 N–H and O–H groups in total. The number of rotatable bonds is 4. The fraction of sp³-hybridized carbons (Fsp3) is 0.217. The predicted octanol–water partition coefficient (Wildman–Crippen LogP) is 5.11. The maximum absolute atomic E-state index is 12.8. The number of H-pyrrole nitrogens is 1. The fourth-order valence-electron chi connectivity index (χ4n) is 3.77. The molecule has 0 saturated heterocycles. The first-order valence-electron chi connectivity index (χ1n) is 9.60. The Bertz CT molecular complexity index is 1190. The Morgan fingerprint density at radius 2 is 1.89 bits per heavy atom. The number of hydrogen-bond acceptors (Lipinski definition) is 4. The molecular formula is C23H20N2O2S. The number of thiophene rings is 1. The van der Waals surface area contributed by atoms with Crippen molar-refractivity contribution in [1.29, 1.82) is 0 Å². The molecular weight excluding hydrogens is 368 g/mol. The van der Waals surface area contributed by atoms with Gasteiger partial charge >= 0.3 is 0 Å². The summed E-state index contributed by atoms with van der Waals surface area (Å²) in [6.07, 6.45) is 4.41. The van der Waals surface area contributed by atoms with Crippen LogP contribution < -0.4 is 10.3 Å². The summed E-state index contributed by atoms with van der Waals surface area (Å²) in [5.74, 6) is 1.36. The number of aryl methyl sites for hydroxylation is 2. The Morgan fingerprint density at radius 1 is 1.04 bits per heavy atom. The van der Waals surface area contributed by atoms with Gasteiger partial charge in [0, 0.05) is 10.4 Å². The number of benzene rings is 2. The van der Waals surface area contributed by atoms with Gasteiger partial charge in [0.2, 0.25) is 0 Å². The number of aromatic nitrogens is 2. The molecule has 0 fully saturated rings. The largest absolute Gasteiger partial charge is 0.489 e. The molecule has 4 aromatic rings. The van der Waals surface area contributed by atoms with E-state index >= 15 is 0 Å². The molecule has 140 valence electrons. The lowest BCUT2D eigenvalue weighted by atomic mass is 9.97. The molecule has 1 aliphatic carbocycles. The SMILES string of the molecule is O=c1[nH]c(-c2cccc(OCc3ccccc3)c2)nc2sc3c(c12)CCCC3. The summed E-state index contributed by atoms with van der Waals surface area (Å²) in [7, 11) is 0. The van der Waals surface area contributed by atoms with Crippen LogP contribution in [0.4, 0.5) is 0 Å². The van der Waals surface area contributed by atoms with Crippen molar-refractivity contribution in [3.63, 3.8) is 0 Å². The Kier molecular flexibility index (Phi) is 4.45. The molecule has 5 rings (SSSR count). The predicted molar refractivity (Wildman–Crippen MR) is 113 cm³/mol. The van der Waals surface area contributed by atoms with Gasteiger partial charge in [0.05, 0.1) is 5.39 Å². The van der Waals surface area contributed by atoms with Crippen molar-refractivity contribution in [2.75, 3.05) is 0 Å². The Balaban J connectivity index is 1.47. The number of hydrogen-bond donors (Lipinski definition) is 1. The second-order valence-corrected chi connectivity index (χ2v) is 8.19. The van der Waals surface area contributed by atoms with Crippen LogP contribution in [0.1, 0.15) is 28.8 Å². The van der Waals surface area contributed by atoms with Crippen LogP contribution >= 0.6 is 11.3 Å². The van der Waals surface area contributed by atoms with Gasteiger partial charge in [-0.25, -0.2) is 4.98 Å². The standard InChI is InChI=1S/C23H20N2O2S/c26-22-20-18-11-4-5-12-19(18)28-23(20)25-21(24-22)16-9-6-10-17(13-16)27-14-15-7-2-1-3-8-15/h1-3,6-10,13H,4-5,11-12,14H2,(H,24,25,26). The molecule has 4 nitrogen and oxygen atoms in total. The average Bonchev–Trinajstić information content (AvgIpc) is 3.12. The monoisotopic (exact) mass is 388 g/mol. The van der Waals surface area contributed by atoms with Crippen molar-refractivity contribution in [1.82, 2.24) is 9.97 Å². The van der Waals surface area contributed by atoms with Crippen LogP contribution in [0, 0.1) is 0 Å². The van der Waals surface area contributed by atoms with Crippen molar-refractivity contribution >= 4 is 21.6 Å². The van der Waals surface area contributed by atoms with Gasteiger partial charge in [0.15, 0.2) is 0 Å². The van der Waals surface area contributed by atoms with Crippen molar-refractivity contribution < 1.29 is 4.74 Å². The molecule has 0 radical (unpaired) electrons. The summed E-state index contributed by atoms with van der Waals surface area (Å²) in [5, 5.41) is 0.792. The normalized spacial score (nSPS) is 13.4. The van der Waals surface area contributed by atoms with E-state index < -0.39 is 0 Å². The van der Waals surface area contributed by atoms with Crippen molar-refractivity contribution in [3.05, 3.63) is 81.0 Å². The van der Waals surface area contributed by atoms with Crippen LogP contribution in [-0.4, -0.2) is 9.97 Å². The lowest BCUT2D eigenvalue weighted by Gasteiger charge is -2.10. The zero-order valence-corrected chi connectivity index (χ0v) is 16.2. The van der Waals surface area contributed by atoms with Crippen LogP contribution in [0.5, 0.6) is 5.75 Å². The molecule has 2 aromatic heterocycles. The second-order valence-electron chi connectivity index (χ2n) is 7.11. The Labute approximate surface area is 166 Å². The van der Waals surface area contributed by atoms with Gasteiger partial charge in [-0.15, -0.1) is 11.3 Å². The van der Waals surface area contributed by atoms with E-state index in [1.54, 1.807) is 11.3 Å². The lowest BCUT2D eigenvalue weighted by molar-refractivity contribution is 0.306. The van der Waals surface area contributed by atoms with E-state index in [2.05, 4.69) is 4.98 Å². The number of nitrogens with zero attached hydrogens (tertiary/aromatic N) is 1. The Morgan fingerprint density at radius 3 is 2.79 bits per heavy atom. The quantitative estimate of drug-likeness (QED) is 0.529. The van der Waals surface area contributed by atoms with E-state index in [0.717, 1.165) is 46.4 Å². The highest BCUT2D eigenvalue weighted by molar-refractivity contribution is 7.18. The minimum absolute atomic E-state index is 0.0324. The number of nitrogens with one attached hydrogen (secondary N) is 1. The van der Waals surface area contributed by atoms with E-state index in [1.807, 2.05) is 54.6 Å². The van der Waals surface area contributed by atoms with Gasteiger partial charge in [0.25, 0.3) is 5.56 Å². The minimum Gasteiger partial charge on any atom is -0.489 e. The van der Waals surface area contributed by atoms with E-state index in [9.17, 15) is 4.79 Å². The zero-order chi connectivity index (χ0) is 18.9. The third-order valence-corrected chi connectivity index (χ3v) is 6.37. The van der Waals surface area contributed by atoms with Crippen molar-refractivity contribution in [2.45, 2.75) is 32.3 Å². The van der Waals surface area contributed by atoms with Crippen LogP contribution in [0.15, 0.2) is 59.4 Å². The second kappa shape index (κ2) is 7.24. The van der Waals surface area contributed by atoms with Gasteiger partial charge in [-0.1, -0.05) is 42.5 Å². The summed E-state index contributed by atoms with van der Waals surface area (Å²) in [4.78, 5) is 22.7. The van der Waals surface area contributed by atoms with E-state index in [0.29, 0.717) is 12.4 Å². The molecule has 0 bridgehead atoms. The topological polar surface area (TPSA) is 55.0 Å². The molecule has 0 saturated carbocycles. The van der Waals surface area contributed by atoms with E-state index in [1.165, 1.54) is 16.9 Å². The summed E-state index contributed by atoms with van der Waals surface area (Å²) < 4.78 is 5.92. The van der Waals surface area contributed by atoms with Crippen LogP contribution in [0.2, 0.25) is 0 Å².